The molecule has 0 aromatic heterocycles. The average molecular weight is 444 g/mol. The molecule has 7 nitrogen and oxygen atoms in total. The first-order valence-electron chi connectivity index (χ1n) is 11.2. The van der Waals surface area contributed by atoms with E-state index in [9.17, 15) is 5.11 Å². The van der Waals surface area contributed by atoms with E-state index in [4.69, 9.17) is 14.2 Å². The smallest absolute Gasteiger partial charge is 0.191 e. The quantitative estimate of drug-likeness (QED) is 0.249. The highest BCUT2D eigenvalue weighted by Gasteiger charge is 2.10. The molecule has 0 aliphatic rings. The van der Waals surface area contributed by atoms with Crippen LogP contribution >= 0.6 is 0 Å². The Morgan fingerprint density at radius 2 is 1.84 bits per heavy atom. The molecule has 0 bridgehead atoms. The van der Waals surface area contributed by atoms with Gasteiger partial charge in [0.2, 0.25) is 0 Å². The Kier molecular flexibility index (Phi) is 11.4. The van der Waals surface area contributed by atoms with E-state index in [1.165, 1.54) is 0 Å². The molecule has 2 rings (SSSR count). The minimum Gasteiger partial charge on any atom is -0.497 e. The summed E-state index contributed by atoms with van der Waals surface area (Å²) in [6, 6.07) is 15.4. The van der Waals surface area contributed by atoms with Crippen LogP contribution in [-0.4, -0.2) is 50.6 Å². The summed E-state index contributed by atoms with van der Waals surface area (Å²) in [7, 11) is 1.65. The number of aliphatic hydroxyl groups excluding tert-OH is 1. The van der Waals surface area contributed by atoms with Crippen molar-refractivity contribution in [3.63, 3.8) is 0 Å². The summed E-state index contributed by atoms with van der Waals surface area (Å²) in [5.41, 5.74) is 1.86. The topological polar surface area (TPSA) is 84.3 Å². The van der Waals surface area contributed by atoms with Crippen LogP contribution in [0.15, 0.2) is 53.5 Å². The molecule has 0 amide bonds. The van der Waals surface area contributed by atoms with E-state index >= 15 is 0 Å². The largest absolute Gasteiger partial charge is 0.497 e. The number of benzene rings is 2. The molecule has 0 saturated heterocycles. The van der Waals surface area contributed by atoms with Gasteiger partial charge < -0.3 is 30.0 Å². The molecule has 0 heterocycles. The number of aliphatic hydroxyl groups is 1. The third-order valence-corrected chi connectivity index (χ3v) is 4.62. The maximum absolute atomic E-state index is 10.7. The van der Waals surface area contributed by atoms with Crippen LogP contribution in [0.4, 0.5) is 0 Å². The lowest BCUT2D eigenvalue weighted by atomic mass is 10.1. The van der Waals surface area contributed by atoms with E-state index in [0.717, 1.165) is 35.6 Å². The van der Waals surface area contributed by atoms with Crippen molar-refractivity contribution >= 4 is 5.96 Å². The standard InChI is InChI=1S/C25H37N3O4/c1-5-31-15-7-14-26-25(27-17-20-10-12-22(30-4)13-11-20)28-18-24(29)21-8-6-9-23(16-21)32-19(2)3/h6,8-13,16,19,24,29H,5,7,14-15,17-18H2,1-4H3,(H2,26,27,28). The molecule has 0 saturated carbocycles. The van der Waals surface area contributed by atoms with Gasteiger partial charge in [-0.1, -0.05) is 24.3 Å². The second-order valence-corrected chi connectivity index (χ2v) is 7.63. The fourth-order valence-corrected chi connectivity index (χ4v) is 2.98. The highest BCUT2D eigenvalue weighted by Crippen LogP contribution is 2.20. The predicted molar refractivity (Wildman–Crippen MR) is 128 cm³/mol. The maximum atomic E-state index is 10.7. The summed E-state index contributed by atoms with van der Waals surface area (Å²) in [5, 5.41) is 17.2. The Bertz CT molecular complexity index is 809. The van der Waals surface area contributed by atoms with Crippen LogP contribution in [0.25, 0.3) is 0 Å². The molecule has 0 aliphatic carbocycles. The predicted octanol–water partition coefficient (Wildman–Crippen LogP) is 3.68. The Morgan fingerprint density at radius 1 is 1.06 bits per heavy atom. The van der Waals surface area contributed by atoms with E-state index in [1.54, 1.807) is 7.11 Å². The Balaban J connectivity index is 1.97. The molecule has 3 N–H and O–H groups in total. The fourth-order valence-electron chi connectivity index (χ4n) is 2.98. The summed E-state index contributed by atoms with van der Waals surface area (Å²) >= 11 is 0. The summed E-state index contributed by atoms with van der Waals surface area (Å²) in [5.74, 6) is 2.21. The minimum absolute atomic E-state index is 0.0816. The van der Waals surface area contributed by atoms with Gasteiger partial charge in [-0.25, -0.2) is 4.99 Å². The lowest BCUT2D eigenvalue weighted by Crippen LogP contribution is -2.40. The maximum Gasteiger partial charge on any atom is 0.191 e. The van der Waals surface area contributed by atoms with E-state index in [2.05, 4.69) is 15.6 Å². The van der Waals surface area contributed by atoms with Gasteiger partial charge in [0.15, 0.2) is 5.96 Å². The van der Waals surface area contributed by atoms with Crippen LogP contribution in [0.1, 0.15) is 44.4 Å². The monoisotopic (exact) mass is 443 g/mol. The van der Waals surface area contributed by atoms with Gasteiger partial charge in [-0.15, -0.1) is 0 Å². The van der Waals surface area contributed by atoms with Crippen molar-refractivity contribution in [3.05, 3.63) is 59.7 Å². The van der Waals surface area contributed by atoms with Crippen molar-refractivity contribution in [1.82, 2.24) is 10.6 Å². The fraction of sp³-hybridized carbons (Fsp3) is 0.480. The number of rotatable bonds is 13. The van der Waals surface area contributed by atoms with Crippen LogP contribution in [0.3, 0.4) is 0 Å². The third kappa shape index (κ3) is 9.58. The van der Waals surface area contributed by atoms with Crippen LogP contribution in [0, 0.1) is 0 Å². The second kappa shape index (κ2) is 14.3. The highest BCUT2D eigenvalue weighted by molar-refractivity contribution is 5.79. The molecule has 1 atom stereocenters. The van der Waals surface area contributed by atoms with E-state index in [0.29, 0.717) is 32.3 Å². The summed E-state index contributed by atoms with van der Waals surface area (Å²) in [4.78, 5) is 4.67. The van der Waals surface area contributed by atoms with Gasteiger partial charge in [-0.3, -0.25) is 0 Å². The molecule has 0 fully saturated rings. The number of methoxy groups -OCH3 is 1. The zero-order chi connectivity index (χ0) is 23.2. The lowest BCUT2D eigenvalue weighted by Gasteiger charge is -2.17. The molecule has 0 aliphatic heterocycles. The van der Waals surface area contributed by atoms with Gasteiger partial charge >= 0.3 is 0 Å². The molecular weight excluding hydrogens is 406 g/mol. The third-order valence-electron chi connectivity index (χ3n) is 4.62. The minimum atomic E-state index is -0.692. The van der Waals surface area contributed by atoms with Crippen LogP contribution in [0.5, 0.6) is 11.5 Å². The van der Waals surface area contributed by atoms with Gasteiger partial charge in [0.1, 0.15) is 11.5 Å². The first-order chi connectivity index (χ1) is 15.5. The highest BCUT2D eigenvalue weighted by atomic mass is 16.5. The summed E-state index contributed by atoms with van der Waals surface area (Å²) < 4.78 is 16.3. The van der Waals surface area contributed by atoms with E-state index in [-0.39, 0.29) is 6.10 Å². The molecule has 32 heavy (non-hydrogen) atoms. The van der Waals surface area contributed by atoms with Gasteiger partial charge in [0.05, 0.1) is 25.9 Å². The van der Waals surface area contributed by atoms with Gasteiger partial charge in [-0.05, 0) is 62.6 Å². The lowest BCUT2D eigenvalue weighted by molar-refractivity contribution is 0.145. The molecule has 0 radical (unpaired) electrons. The second-order valence-electron chi connectivity index (χ2n) is 7.63. The first-order valence-corrected chi connectivity index (χ1v) is 11.2. The molecule has 2 aromatic carbocycles. The number of ether oxygens (including phenoxy) is 3. The molecule has 2 aromatic rings. The normalized spacial score (nSPS) is 12.5. The van der Waals surface area contributed by atoms with Gasteiger partial charge in [0.25, 0.3) is 0 Å². The van der Waals surface area contributed by atoms with Crippen molar-refractivity contribution < 1.29 is 19.3 Å². The SMILES string of the molecule is CCOCCCNC(=NCc1ccc(OC)cc1)NCC(O)c1cccc(OC(C)C)c1. The van der Waals surface area contributed by atoms with Crippen molar-refractivity contribution in [3.8, 4) is 11.5 Å². The molecule has 1 unspecified atom stereocenters. The van der Waals surface area contributed by atoms with Gasteiger partial charge in [-0.2, -0.15) is 0 Å². The van der Waals surface area contributed by atoms with Gasteiger partial charge in [0, 0.05) is 26.3 Å². The van der Waals surface area contributed by atoms with Crippen molar-refractivity contribution in [1.29, 1.82) is 0 Å². The molecule has 7 heteroatoms. The number of nitrogens with zero attached hydrogens (tertiary/aromatic N) is 1. The first kappa shape index (κ1) is 25.5. The Morgan fingerprint density at radius 3 is 2.53 bits per heavy atom. The van der Waals surface area contributed by atoms with Crippen LogP contribution in [0.2, 0.25) is 0 Å². The Labute approximate surface area is 191 Å². The molecule has 176 valence electrons. The number of hydrogen-bond donors (Lipinski definition) is 3. The average Bonchev–Trinajstić information content (AvgIpc) is 2.80. The summed E-state index contributed by atoms with van der Waals surface area (Å²) in [6.07, 6.45) is 0.258. The molecular formula is C25H37N3O4. The van der Waals surface area contributed by atoms with E-state index < -0.39 is 6.10 Å². The van der Waals surface area contributed by atoms with Crippen LogP contribution in [-0.2, 0) is 11.3 Å². The summed E-state index contributed by atoms with van der Waals surface area (Å²) in [6.45, 7) is 8.91. The van der Waals surface area contributed by atoms with Crippen molar-refractivity contribution in [2.45, 2.75) is 45.9 Å². The van der Waals surface area contributed by atoms with Crippen molar-refractivity contribution in [2.24, 2.45) is 4.99 Å². The van der Waals surface area contributed by atoms with Crippen LogP contribution < -0.4 is 20.1 Å². The molecule has 0 spiro atoms. The van der Waals surface area contributed by atoms with E-state index in [1.807, 2.05) is 69.3 Å². The Hall–Kier alpha value is -2.77. The number of guanidine groups is 1. The zero-order valence-electron chi connectivity index (χ0n) is 19.6. The number of nitrogens with one attached hydrogen (secondary N) is 2. The zero-order valence-corrected chi connectivity index (χ0v) is 19.6. The number of aliphatic imine (C=N–C) groups is 1. The number of hydrogen-bond acceptors (Lipinski definition) is 5. The van der Waals surface area contributed by atoms with Crippen molar-refractivity contribution in [2.75, 3.05) is 33.4 Å².